The quantitative estimate of drug-likeness (QED) is 0.461. The molecule has 2 aromatic carbocycles. The Bertz CT molecular complexity index is 653. The third kappa shape index (κ3) is 5.17. The maximum Gasteiger partial charge on any atom is 0.336 e. The number of ether oxygens (including phenoxy) is 4. The van der Waals surface area contributed by atoms with Crippen LogP contribution in [0.25, 0.3) is 0 Å². The van der Waals surface area contributed by atoms with Crippen LogP contribution in [-0.4, -0.2) is 26.2 Å². The maximum atomic E-state index is 11.6. The summed E-state index contributed by atoms with van der Waals surface area (Å²) >= 11 is 0. The molecule has 0 aromatic heterocycles. The van der Waals surface area contributed by atoms with Gasteiger partial charge in [0, 0.05) is 12.2 Å². The van der Waals surface area contributed by atoms with Gasteiger partial charge in [-0.1, -0.05) is 0 Å². The molecule has 6 heteroatoms. The number of rotatable bonds is 6. The first-order valence-electron chi connectivity index (χ1n) is 7.00. The topological polar surface area (TPSA) is 71.1 Å². The van der Waals surface area contributed by atoms with E-state index in [-0.39, 0.29) is 0 Å². The zero-order valence-corrected chi connectivity index (χ0v) is 13.2. The summed E-state index contributed by atoms with van der Waals surface area (Å²) in [6, 6.07) is 13.0. The summed E-state index contributed by atoms with van der Waals surface area (Å²) in [6.07, 6.45) is 1.99. The first-order valence-corrected chi connectivity index (χ1v) is 7.00. The van der Waals surface area contributed by atoms with E-state index >= 15 is 0 Å². The summed E-state index contributed by atoms with van der Waals surface area (Å²) in [5.41, 5.74) is 0. The monoisotopic (exact) mass is 328 g/mol. The fraction of sp³-hybridized carbons (Fsp3) is 0.111. The van der Waals surface area contributed by atoms with Crippen LogP contribution in [0.4, 0.5) is 0 Å². The molecule has 0 spiro atoms. The molecule has 0 saturated carbocycles. The number of methoxy groups -OCH3 is 2. The van der Waals surface area contributed by atoms with Crippen LogP contribution in [0.1, 0.15) is 0 Å². The predicted molar refractivity (Wildman–Crippen MR) is 86.4 cm³/mol. The Morgan fingerprint density at radius 2 is 0.917 bits per heavy atom. The highest BCUT2D eigenvalue weighted by molar-refractivity contribution is 5.93. The number of esters is 2. The van der Waals surface area contributed by atoms with Gasteiger partial charge in [0.25, 0.3) is 0 Å². The van der Waals surface area contributed by atoms with E-state index in [4.69, 9.17) is 18.9 Å². The van der Waals surface area contributed by atoms with Crippen LogP contribution >= 0.6 is 0 Å². The minimum absolute atomic E-state index is 0.342. The van der Waals surface area contributed by atoms with Crippen LogP contribution < -0.4 is 18.9 Å². The second kappa shape index (κ2) is 8.38. The average Bonchev–Trinajstić information content (AvgIpc) is 2.61. The Balaban J connectivity index is 1.86. The van der Waals surface area contributed by atoms with Gasteiger partial charge in [-0.2, -0.15) is 0 Å². The third-order valence-electron chi connectivity index (χ3n) is 2.91. The Labute approximate surface area is 139 Å². The molecular weight excluding hydrogens is 312 g/mol. The summed E-state index contributed by atoms with van der Waals surface area (Å²) < 4.78 is 20.1. The van der Waals surface area contributed by atoms with Crippen LogP contribution in [0.15, 0.2) is 60.7 Å². The second-order valence-electron chi connectivity index (χ2n) is 4.53. The summed E-state index contributed by atoms with van der Waals surface area (Å²) in [6.45, 7) is 0. The fourth-order valence-electron chi connectivity index (χ4n) is 1.72. The SMILES string of the molecule is COc1ccc(OC(=O)C=CC(=O)Oc2ccc(OC)cc2)cc1. The van der Waals surface area contributed by atoms with Gasteiger partial charge in [-0.05, 0) is 48.5 Å². The van der Waals surface area contributed by atoms with Crippen LogP contribution in [-0.2, 0) is 9.59 Å². The van der Waals surface area contributed by atoms with Crippen molar-refractivity contribution >= 4 is 11.9 Å². The normalized spacial score (nSPS) is 10.2. The standard InChI is InChI=1S/C18H16O6/c1-21-13-3-7-15(8-4-13)23-17(19)11-12-18(20)24-16-9-5-14(22-2)6-10-16/h3-12H,1-2H3. The van der Waals surface area contributed by atoms with Crippen LogP contribution in [0.2, 0.25) is 0 Å². The van der Waals surface area contributed by atoms with E-state index in [0.29, 0.717) is 23.0 Å². The number of carbonyl (C=O) groups is 2. The highest BCUT2D eigenvalue weighted by Gasteiger charge is 2.05. The highest BCUT2D eigenvalue weighted by atomic mass is 16.5. The Morgan fingerprint density at radius 1 is 0.625 bits per heavy atom. The Hall–Kier alpha value is -3.28. The van der Waals surface area contributed by atoms with Crippen molar-refractivity contribution in [1.29, 1.82) is 0 Å². The van der Waals surface area contributed by atoms with Gasteiger partial charge in [-0.15, -0.1) is 0 Å². The van der Waals surface area contributed by atoms with Crippen molar-refractivity contribution in [2.24, 2.45) is 0 Å². The molecule has 6 nitrogen and oxygen atoms in total. The van der Waals surface area contributed by atoms with Gasteiger partial charge in [0.05, 0.1) is 14.2 Å². The maximum absolute atomic E-state index is 11.6. The van der Waals surface area contributed by atoms with Crippen LogP contribution in [0.5, 0.6) is 23.0 Å². The molecule has 0 unspecified atom stereocenters. The lowest BCUT2D eigenvalue weighted by molar-refractivity contribution is -0.131. The van der Waals surface area contributed by atoms with Crippen LogP contribution in [0, 0.1) is 0 Å². The molecule has 0 bridgehead atoms. The molecule has 0 aliphatic rings. The lowest BCUT2D eigenvalue weighted by Gasteiger charge is -2.04. The first-order chi connectivity index (χ1) is 11.6. The van der Waals surface area contributed by atoms with E-state index in [0.717, 1.165) is 12.2 Å². The molecule has 2 aromatic rings. The summed E-state index contributed by atoms with van der Waals surface area (Å²) in [5.74, 6) is 0.600. The van der Waals surface area contributed by atoms with Gasteiger partial charge in [0.2, 0.25) is 0 Å². The molecule has 0 saturated heterocycles. The molecule has 24 heavy (non-hydrogen) atoms. The van der Waals surface area contributed by atoms with Crippen molar-refractivity contribution in [3.8, 4) is 23.0 Å². The van der Waals surface area contributed by atoms with Crippen molar-refractivity contribution in [3.63, 3.8) is 0 Å². The molecule has 0 N–H and O–H groups in total. The van der Waals surface area contributed by atoms with E-state index in [1.165, 1.54) is 14.2 Å². The Morgan fingerprint density at radius 3 is 1.21 bits per heavy atom. The molecule has 0 atom stereocenters. The van der Waals surface area contributed by atoms with Crippen LogP contribution in [0.3, 0.4) is 0 Å². The smallest absolute Gasteiger partial charge is 0.336 e. The van der Waals surface area contributed by atoms with E-state index in [9.17, 15) is 9.59 Å². The number of carbonyl (C=O) groups excluding carboxylic acids is 2. The molecule has 124 valence electrons. The first kappa shape index (κ1) is 17.1. The highest BCUT2D eigenvalue weighted by Crippen LogP contribution is 2.18. The van der Waals surface area contributed by atoms with Crippen molar-refractivity contribution in [3.05, 3.63) is 60.7 Å². The minimum Gasteiger partial charge on any atom is -0.497 e. The van der Waals surface area contributed by atoms with Crippen molar-refractivity contribution in [2.75, 3.05) is 14.2 Å². The predicted octanol–water partition coefficient (Wildman–Crippen LogP) is 2.77. The van der Waals surface area contributed by atoms with Gasteiger partial charge in [-0.3, -0.25) is 0 Å². The zero-order valence-electron chi connectivity index (χ0n) is 13.2. The lowest BCUT2D eigenvalue weighted by atomic mass is 10.3. The van der Waals surface area contributed by atoms with E-state index in [2.05, 4.69) is 0 Å². The summed E-state index contributed by atoms with van der Waals surface area (Å²) in [5, 5.41) is 0. The van der Waals surface area contributed by atoms with E-state index in [1.807, 2.05) is 0 Å². The van der Waals surface area contributed by atoms with Gasteiger partial charge in [0.15, 0.2) is 0 Å². The molecule has 2 rings (SSSR count). The number of benzene rings is 2. The second-order valence-corrected chi connectivity index (χ2v) is 4.53. The molecule has 0 heterocycles. The largest absolute Gasteiger partial charge is 0.497 e. The molecule has 0 aliphatic heterocycles. The number of hydrogen-bond acceptors (Lipinski definition) is 6. The van der Waals surface area contributed by atoms with Gasteiger partial charge >= 0.3 is 11.9 Å². The molecular formula is C18H16O6. The molecule has 0 radical (unpaired) electrons. The Kier molecular flexibility index (Phi) is 5.96. The minimum atomic E-state index is -0.688. The van der Waals surface area contributed by atoms with Crippen molar-refractivity contribution in [1.82, 2.24) is 0 Å². The summed E-state index contributed by atoms with van der Waals surface area (Å²) in [7, 11) is 3.08. The number of hydrogen-bond donors (Lipinski definition) is 0. The van der Waals surface area contributed by atoms with Crippen molar-refractivity contribution < 1.29 is 28.5 Å². The summed E-state index contributed by atoms with van der Waals surface area (Å²) in [4.78, 5) is 23.3. The van der Waals surface area contributed by atoms with E-state index in [1.54, 1.807) is 48.5 Å². The molecule has 0 aliphatic carbocycles. The zero-order chi connectivity index (χ0) is 17.4. The fourth-order valence-corrected chi connectivity index (χ4v) is 1.72. The van der Waals surface area contributed by atoms with Gasteiger partial charge < -0.3 is 18.9 Å². The lowest BCUT2D eigenvalue weighted by Crippen LogP contribution is -2.08. The third-order valence-corrected chi connectivity index (χ3v) is 2.91. The average molecular weight is 328 g/mol. The van der Waals surface area contributed by atoms with Crippen molar-refractivity contribution in [2.45, 2.75) is 0 Å². The van der Waals surface area contributed by atoms with Gasteiger partial charge in [0.1, 0.15) is 23.0 Å². The van der Waals surface area contributed by atoms with Gasteiger partial charge in [-0.25, -0.2) is 9.59 Å². The molecule has 0 fully saturated rings. The van der Waals surface area contributed by atoms with E-state index < -0.39 is 11.9 Å². The molecule has 0 amide bonds.